The molecule has 2 saturated heterocycles. The van der Waals surface area contributed by atoms with Gasteiger partial charge in [0.1, 0.15) is 12.1 Å². The van der Waals surface area contributed by atoms with Gasteiger partial charge in [-0.25, -0.2) is 9.97 Å². The summed E-state index contributed by atoms with van der Waals surface area (Å²) in [6.45, 7) is 3.30. The Kier molecular flexibility index (Phi) is 4.92. The molecule has 7 nitrogen and oxygen atoms in total. The van der Waals surface area contributed by atoms with Crippen LogP contribution in [0.2, 0.25) is 0 Å². The Hall–Kier alpha value is -2.70. The molecule has 2 aromatic heterocycles. The molecule has 0 aliphatic carbocycles. The first kappa shape index (κ1) is 17.7. The van der Waals surface area contributed by atoms with Crippen molar-refractivity contribution in [1.29, 1.82) is 0 Å². The van der Waals surface area contributed by atoms with Crippen LogP contribution in [0.1, 0.15) is 31.2 Å². The number of aromatic nitrogens is 3. The number of rotatable bonds is 4. The predicted molar refractivity (Wildman–Crippen MR) is 101 cm³/mol. The van der Waals surface area contributed by atoms with Crippen LogP contribution in [0.25, 0.3) is 0 Å². The van der Waals surface area contributed by atoms with Gasteiger partial charge in [-0.05, 0) is 30.9 Å². The van der Waals surface area contributed by atoms with Gasteiger partial charge in [-0.1, -0.05) is 6.07 Å². The average Bonchev–Trinajstić information content (AvgIpc) is 2.72. The molecule has 2 aliphatic rings. The zero-order chi connectivity index (χ0) is 18.7. The minimum Gasteiger partial charge on any atom is -0.481 e. The van der Waals surface area contributed by atoms with E-state index in [1.165, 1.54) is 0 Å². The summed E-state index contributed by atoms with van der Waals surface area (Å²) in [5.41, 5.74) is 1.20. The summed E-state index contributed by atoms with van der Waals surface area (Å²) >= 11 is 0. The molecule has 1 spiro atoms. The fraction of sp³-hybridized carbons (Fsp3) is 0.500. The summed E-state index contributed by atoms with van der Waals surface area (Å²) < 4.78 is 5.24. The Morgan fingerprint density at radius 3 is 3.00 bits per heavy atom. The molecule has 27 heavy (non-hydrogen) atoms. The molecule has 0 radical (unpaired) electrons. The van der Waals surface area contributed by atoms with Crippen LogP contribution in [0.4, 0.5) is 5.82 Å². The molecule has 0 saturated carbocycles. The zero-order valence-electron chi connectivity index (χ0n) is 15.7. The molecule has 4 rings (SSSR count). The molecule has 2 aromatic rings. The van der Waals surface area contributed by atoms with Gasteiger partial charge in [0.05, 0.1) is 7.11 Å². The van der Waals surface area contributed by atoms with Gasteiger partial charge in [0.2, 0.25) is 11.8 Å². The van der Waals surface area contributed by atoms with Crippen LogP contribution in [0.3, 0.4) is 0 Å². The van der Waals surface area contributed by atoms with E-state index in [0.717, 1.165) is 50.3 Å². The molecule has 0 aromatic carbocycles. The molecule has 142 valence electrons. The Labute approximate surface area is 159 Å². The lowest BCUT2D eigenvalue weighted by atomic mass is 9.73. The first-order chi connectivity index (χ1) is 13.2. The maximum atomic E-state index is 12.5. The molecule has 0 N–H and O–H groups in total. The standard InChI is InChI=1S/C20H25N5O2/c1-27-18-10-17(22-15-23-18)24-9-3-6-20(13-24)7-5-19(26)25(14-20)12-16-4-2-8-21-11-16/h2,4,8,10-11,15H,3,5-7,9,12-14H2,1H3/t20-/m1/s1. The van der Waals surface area contributed by atoms with E-state index >= 15 is 0 Å². The van der Waals surface area contributed by atoms with Crippen molar-refractivity contribution in [3.05, 3.63) is 42.5 Å². The lowest BCUT2D eigenvalue weighted by molar-refractivity contribution is -0.138. The van der Waals surface area contributed by atoms with Gasteiger partial charge >= 0.3 is 0 Å². The third-order valence-corrected chi connectivity index (χ3v) is 5.67. The van der Waals surface area contributed by atoms with Crippen LogP contribution >= 0.6 is 0 Å². The number of ether oxygens (including phenoxy) is 1. The molecule has 0 unspecified atom stereocenters. The minimum atomic E-state index is 0.118. The Morgan fingerprint density at radius 2 is 2.19 bits per heavy atom. The van der Waals surface area contributed by atoms with Crippen molar-refractivity contribution in [3.8, 4) is 5.88 Å². The number of carbonyl (C=O) groups is 1. The molecular formula is C20H25N5O2. The van der Waals surface area contributed by atoms with E-state index in [9.17, 15) is 4.79 Å². The van der Waals surface area contributed by atoms with Crippen LogP contribution in [0.5, 0.6) is 5.88 Å². The van der Waals surface area contributed by atoms with Crippen molar-refractivity contribution in [2.45, 2.75) is 32.2 Å². The molecule has 2 fully saturated rings. The summed E-state index contributed by atoms with van der Waals surface area (Å²) in [5.74, 6) is 1.72. The molecule has 2 aliphatic heterocycles. The second-order valence-electron chi connectivity index (χ2n) is 7.55. The first-order valence-corrected chi connectivity index (χ1v) is 9.45. The average molecular weight is 367 g/mol. The second-order valence-corrected chi connectivity index (χ2v) is 7.55. The quantitative estimate of drug-likeness (QED) is 0.826. The van der Waals surface area contributed by atoms with Crippen LogP contribution in [0.15, 0.2) is 36.9 Å². The third-order valence-electron chi connectivity index (χ3n) is 5.67. The number of carbonyl (C=O) groups excluding carboxylic acids is 1. The van der Waals surface area contributed by atoms with E-state index < -0.39 is 0 Å². The lowest BCUT2D eigenvalue weighted by Gasteiger charge is -2.48. The van der Waals surface area contributed by atoms with Crippen molar-refractivity contribution in [3.63, 3.8) is 0 Å². The number of amides is 1. The first-order valence-electron chi connectivity index (χ1n) is 9.45. The second kappa shape index (κ2) is 7.50. The van der Waals surface area contributed by atoms with Gasteiger partial charge in [0, 0.05) is 56.5 Å². The van der Waals surface area contributed by atoms with Gasteiger partial charge in [-0.3, -0.25) is 9.78 Å². The topological polar surface area (TPSA) is 71.5 Å². The van der Waals surface area contributed by atoms with E-state index in [2.05, 4.69) is 19.9 Å². The monoisotopic (exact) mass is 367 g/mol. The van der Waals surface area contributed by atoms with Crippen LogP contribution in [-0.4, -0.2) is 52.5 Å². The molecular weight excluding hydrogens is 342 g/mol. The Bertz CT molecular complexity index is 800. The smallest absolute Gasteiger partial charge is 0.222 e. The lowest BCUT2D eigenvalue weighted by Crippen LogP contribution is -2.54. The number of pyridine rings is 1. The van der Waals surface area contributed by atoms with Gasteiger partial charge in [0.15, 0.2) is 0 Å². The number of hydrogen-bond acceptors (Lipinski definition) is 6. The van der Waals surface area contributed by atoms with E-state index in [1.54, 1.807) is 19.6 Å². The highest BCUT2D eigenvalue weighted by molar-refractivity contribution is 5.77. The normalized spacial score (nSPS) is 22.9. The van der Waals surface area contributed by atoms with Crippen molar-refractivity contribution >= 4 is 11.7 Å². The fourth-order valence-corrected chi connectivity index (χ4v) is 4.31. The Morgan fingerprint density at radius 1 is 1.26 bits per heavy atom. The van der Waals surface area contributed by atoms with Gasteiger partial charge in [-0.2, -0.15) is 0 Å². The zero-order valence-corrected chi connectivity index (χ0v) is 15.7. The van der Waals surface area contributed by atoms with Crippen LogP contribution < -0.4 is 9.64 Å². The number of likely N-dealkylation sites (tertiary alicyclic amines) is 1. The predicted octanol–water partition coefficient (Wildman–Crippen LogP) is 2.29. The van der Waals surface area contributed by atoms with Crippen LogP contribution in [-0.2, 0) is 11.3 Å². The number of nitrogens with zero attached hydrogens (tertiary/aromatic N) is 5. The van der Waals surface area contributed by atoms with Crippen molar-refractivity contribution < 1.29 is 9.53 Å². The SMILES string of the molecule is COc1cc(N2CCC[C@@]3(CCC(=O)N(Cc4cccnc4)C3)C2)ncn1. The molecule has 7 heteroatoms. The highest BCUT2D eigenvalue weighted by Gasteiger charge is 2.42. The van der Waals surface area contributed by atoms with Gasteiger partial charge in [-0.15, -0.1) is 0 Å². The molecule has 4 heterocycles. The minimum absolute atomic E-state index is 0.118. The van der Waals surface area contributed by atoms with Crippen molar-refractivity contribution in [2.24, 2.45) is 5.41 Å². The molecule has 1 amide bonds. The Balaban J connectivity index is 1.50. The number of methoxy groups -OCH3 is 1. The summed E-state index contributed by atoms with van der Waals surface area (Å²) in [4.78, 5) is 29.5. The molecule has 0 bridgehead atoms. The van der Waals surface area contributed by atoms with Gasteiger partial charge in [0.25, 0.3) is 0 Å². The van der Waals surface area contributed by atoms with Crippen molar-refractivity contribution in [2.75, 3.05) is 31.6 Å². The highest BCUT2D eigenvalue weighted by atomic mass is 16.5. The summed E-state index contributed by atoms with van der Waals surface area (Å²) in [6.07, 6.45) is 8.94. The van der Waals surface area contributed by atoms with Gasteiger partial charge < -0.3 is 14.5 Å². The largest absolute Gasteiger partial charge is 0.481 e. The van der Waals surface area contributed by atoms with E-state index in [4.69, 9.17) is 4.74 Å². The summed E-state index contributed by atoms with van der Waals surface area (Å²) in [5, 5.41) is 0. The summed E-state index contributed by atoms with van der Waals surface area (Å²) in [7, 11) is 1.62. The van der Waals surface area contributed by atoms with Crippen LogP contribution in [0, 0.1) is 5.41 Å². The molecule has 1 atom stereocenters. The fourth-order valence-electron chi connectivity index (χ4n) is 4.31. The maximum Gasteiger partial charge on any atom is 0.222 e. The van der Waals surface area contributed by atoms with E-state index in [-0.39, 0.29) is 11.3 Å². The number of hydrogen-bond donors (Lipinski definition) is 0. The van der Waals surface area contributed by atoms with E-state index in [0.29, 0.717) is 18.8 Å². The third kappa shape index (κ3) is 3.86. The highest BCUT2D eigenvalue weighted by Crippen LogP contribution is 2.40. The summed E-state index contributed by atoms with van der Waals surface area (Å²) in [6, 6.07) is 5.84. The number of piperidine rings is 2. The van der Waals surface area contributed by atoms with Crippen molar-refractivity contribution in [1.82, 2.24) is 19.9 Å². The number of anilines is 1. The van der Waals surface area contributed by atoms with E-state index in [1.807, 2.05) is 29.3 Å². The maximum absolute atomic E-state index is 12.5.